The van der Waals surface area contributed by atoms with Gasteiger partial charge in [-0.2, -0.15) is 5.10 Å². The SMILES string of the molecule is Cc1ccc(-c2nc3cn[nH]c3nc2-c2ccc(C)cc2)cc1. The number of hydrogen-bond donors (Lipinski definition) is 1. The lowest BCUT2D eigenvalue weighted by Crippen LogP contribution is -1.95. The molecule has 0 spiro atoms. The second-order valence-electron chi connectivity index (χ2n) is 5.76. The first-order chi connectivity index (χ1) is 11.2. The summed E-state index contributed by atoms with van der Waals surface area (Å²) in [5.74, 6) is 0. The number of fused-ring (bicyclic) bond motifs is 1. The van der Waals surface area contributed by atoms with Gasteiger partial charge in [0.2, 0.25) is 0 Å². The Morgan fingerprint density at radius 1 is 0.696 bits per heavy atom. The van der Waals surface area contributed by atoms with Crippen LogP contribution in [0.25, 0.3) is 33.7 Å². The van der Waals surface area contributed by atoms with Gasteiger partial charge < -0.3 is 0 Å². The van der Waals surface area contributed by atoms with E-state index in [1.807, 2.05) is 0 Å². The molecule has 1 N–H and O–H groups in total. The third kappa shape index (κ3) is 2.48. The summed E-state index contributed by atoms with van der Waals surface area (Å²) in [6.07, 6.45) is 1.71. The van der Waals surface area contributed by atoms with Gasteiger partial charge in [0, 0.05) is 11.1 Å². The first-order valence-corrected chi connectivity index (χ1v) is 7.56. The molecule has 4 nitrogen and oxygen atoms in total. The molecule has 0 radical (unpaired) electrons. The smallest absolute Gasteiger partial charge is 0.174 e. The Bertz CT molecular complexity index is 887. The van der Waals surface area contributed by atoms with E-state index in [-0.39, 0.29) is 0 Å². The van der Waals surface area contributed by atoms with Crippen molar-refractivity contribution in [2.75, 3.05) is 0 Å². The minimum absolute atomic E-state index is 0.705. The summed E-state index contributed by atoms with van der Waals surface area (Å²) < 4.78 is 0. The number of aromatic nitrogens is 4. The first kappa shape index (κ1) is 13.6. The molecule has 4 heteroatoms. The van der Waals surface area contributed by atoms with Gasteiger partial charge in [0.1, 0.15) is 5.52 Å². The van der Waals surface area contributed by atoms with Crippen molar-refractivity contribution in [1.82, 2.24) is 20.2 Å². The zero-order chi connectivity index (χ0) is 15.8. The number of H-pyrrole nitrogens is 1. The topological polar surface area (TPSA) is 54.5 Å². The second kappa shape index (κ2) is 5.32. The van der Waals surface area contributed by atoms with Crippen LogP contribution in [0.5, 0.6) is 0 Å². The van der Waals surface area contributed by atoms with E-state index in [4.69, 9.17) is 9.97 Å². The van der Waals surface area contributed by atoms with Gasteiger partial charge in [-0.1, -0.05) is 59.7 Å². The van der Waals surface area contributed by atoms with Gasteiger partial charge in [-0.3, -0.25) is 5.10 Å². The lowest BCUT2D eigenvalue weighted by atomic mass is 10.0. The molecule has 2 aromatic heterocycles. The summed E-state index contributed by atoms with van der Waals surface area (Å²) in [7, 11) is 0. The molecule has 112 valence electrons. The zero-order valence-electron chi connectivity index (χ0n) is 13.0. The number of aryl methyl sites for hydroxylation is 2. The number of aromatic amines is 1. The van der Waals surface area contributed by atoms with E-state index in [0.29, 0.717) is 5.65 Å². The normalized spacial score (nSPS) is 11.0. The highest BCUT2D eigenvalue weighted by Crippen LogP contribution is 2.30. The molecule has 4 rings (SSSR count). The third-order valence-electron chi connectivity index (χ3n) is 3.93. The Morgan fingerprint density at radius 3 is 1.78 bits per heavy atom. The van der Waals surface area contributed by atoms with Crippen LogP contribution in [0.15, 0.2) is 54.7 Å². The van der Waals surface area contributed by atoms with Crippen LogP contribution in [0, 0.1) is 13.8 Å². The summed E-state index contributed by atoms with van der Waals surface area (Å²) in [6.45, 7) is 4.16. The van der Waals surface area contributed by atoms with Gasteiger partial charge in [0.25, 0.3) is 0 Å². The van der Waals surface area contributed by atoms with Crippen LogP contribution in [0.1, 0.15) is 11.1 Å². The average molecular weight is 300 g/mol. The van der Waals surface area contributed by atoms with E-state index in [9.17, 15) is 0 Å². The molecule has 0 unspecified atom stereocenters. The lowest BCUT2D eigenvalue weighted by Gasteiger charge is -2.09. The van der Waals surface area contributed by atoms with Crippen molar-refractivity contribution >= 4 is 11.2 Å². The van der Waals surface area contributed by atoms with Gasteiger partial charge in [0.05, 0.1) is 17.6 Å². The average Bonchev–Trinajstić information content (AvgIpc) is 3.03. The van der Waals surface area contributed by atoms with Gasteiger partial charge in [0.15, 0.2) is 5.65 Å². The van der Waals surface area contributed by atoms with Crippen LogP contribution in [0.4, 0.5) is 0 Å². The Balaban J connectivity index is 1.98. The van der Waals surface area contributed by atoms with Crippen LogP contribution in [0.2, 0.25) is 0 Å². The lowest BCUT2D eigenvalue weighted by molar-refractivity contribution is 1.10. The van der Waals surface area contributed by atoms with E-state index < -0.39 is 0 Å². The Morgan fingerprint density at radius 2 is 1.22 bits per heavy atom. The van der Waals surface area contributed by atoms with E-state index in [1.165, 1.54) is 11.1 Å². The number of hydrogen-bond acceptors (Lipinski definition) is 3. The summed E-state index contributed by atoms with van der Waals surface area (Å²) in [6, 6.07) is 16.7. The molecule has 2 aromatic carbocycles. The molecule has 0 aliphatic heterocycles. The molecule has 0 aliphatic carbocycles. The van der Waals surface area contributed by atoms with Crippen molar-refractivity contribution in [1.29, 1.82) is 0 Å². The van der Waals surface area contributed by atoms with Gasteiger partial charge in [-0.05, 0) is 13.8 Å². The van der Waals surface area contributed by atoms with E-state index in [0.717, 1.165) is 28.0 Å². The van der Waals surface area contributed by atoms with E-state index in [1.54, 1.807) is 6.20 Å². The van der Waals surface area contributed by atoms with Crippen LogP contribution in [-0.2, 0) is 0 Å². The van der Waals surface area contributed by atoms with Crippen LogP contribution >= 0.6 is 0 Å². The summed E-state index contributed by atoms with van der Waals surface area (Å²) in [5.41, 5.74) is 7.78. The van der Waals surface area contributed by atoms with Crippen LogP contribution < -0.4 is 0 Å². The van der Waals surface area contributed by atoms with Gasteiger partial charge in [-0.15, -0.1) is 0 Å². The minimum atomic E-state index is 0.705. The maximum atomic E-state index is 4.78. The number of nitrogens with one attached hydrogen (secondary N) is 1. The fourth-order valence-electron chi connectivity index (χ4n) is 2.60. The van der Waals surface area contributed by atoms with E-state index in [2.05, 4.69) is 72.6 Å². The quantitative estimate of drug-likeness (QED) is 0.600. The fraction of sp³-hybridized carbons (Fsp3) is 0.105. The van der Waals surface area contributed by atoms with Crippen molar-refractivity contribution < 1.29 is 0 Å². The van der Waals surface area contributed by atoms with Crippen LogP contribution in [-0.4, -0.2) is 20.2 Å². The molecule has 4 aromatic rings. The molecule has 0 atom stereocenters. The van der Waals surface area contributed by atoms with Crippen molar-refractivity contribution in [3.05, 3.63) is 65.9 Å². The van der Waals surface area contributed by atoms with Crippen LogP contribution in [0.3, 0.4) is 0 Å². The summed E-state index contributed by atoms with van der Waals surface area (Å²) >= 11 is 0. The van der Waals surface area contributed by atoms with Crippen molar-refractivity contribution in [3.8, 4) is 22.5 Å². The number of rotatable bonds is 2. The largest absolute Gasteiger partial charge is 0.259 e. The minimum Gasteiger partial charge on any atom is -0.259 e. The molecule has 0 fully saturated rings. The molecule has 0 amide bonds. The summed E-state index contributed by atoms with van der Waals surface area (Å²) in [5, 5.41) is 6.95. The van der Waals surface area contributed by atoms with Crippen molar-refractivity contribution in [3.63, 3.8) is 0 Å². The Kier molecular flexibility index (Phi) is 3.15. The highest BCUT2D eigenvalue weighted by atomic mass is 15.1. The molecular weight excluding hydrogens is 284 g/mol. The monoisotopic (exact) mass is 300 g/mol. The van der Waals surface area contributed by atoms with Gasteiger partial charge in [-0.25, -0.2) is 9.97 Å². The zero-order valence-corrected chi connectivity index (χ0v) is 13.0. The second-order valence-corrected chi connectivity index (χ2v) is 5.76. The molecule has 0 saturated heterocycles. The summed E-state index contributed by atoms with van der Waals surface area (Å²) in [4.78, 5) is 9.53. The molecule has 0 bridgehead atoms. The number of benzene rings is 2. The predicted molar refractivity (Wildman–Crippen MR) is 92.0 cm³/mol. The molecular formula is C19H16N4. The fourth-order valence-corrected chi connectivity index (χ4v) is 2.60. The molecule has 0 aliphatic rings. The standard InChI is InChI=1S/C19H16N4/c1-12-3-7-14(8-4-12)17-18(15-9-5-13(2)6-10-15)22-19-16(21-17)11-20-23-19/h3-11H,1-2H3,(H,20,22,23). The highest BCUT2D eigenvalue weighted by Gasteiger charge is 2.13. The molecule has 2 heterocycles. The molecule has 0 saturated carbocycles. The number of nitrogens with zero attached hydrogens (tertiary/aromatic N) is 3. The predicted octanol–water partition coefficient (Wildman–Crippen LogP) is 4.30. The Hall–Kier alpha value is -3.01. The Labute approximate surface area is 134 Å². The maximum absolute atomic E-state index is 4.78. The highest BCUT2D eigenvalue weighted by molar-refractivity contribution is 5.84. The maximum Gasteiger partial charge on any atom is 0.174 e. The van der Waals surface area contributed by atoms with Crippen molar-refractivity contribution in [2.24, 2.45) is 0 Å². The first-order valence-electron chi connectivity index (χ1n) is 7.56. The molecule has 23 heavy (non-hydrogen) atoms. The third-order valence-corrected chi connectivity index (χ3v) is 3.93. The van der Waals surface area contributed by atoms with Crippen molar-refractivity contribution in [2.45, 2.75) is 13.8 Å². The van der Waals surface area contributed by atoms with E-state index >= 15 is 0 Å². The van der Waals surface area contributed by atoms with Gasteiger partial charge >= 0.3 is 0 Å².